The molecule has 1 rings (SSSR count). The molecule has 0 atom stereocenters. The van der Waals surface area contributed by atoms with Crippen molar-refractivity contribution in [2.75, 3.05) is 25.1 Å². The quantitative estimate of drug-likeness (QED) is 0.737. The highest BCUT2D eigenvalue weighted by atomic mass is 35.5. The first-order valence-corrected chi connectivity index (χ1v) is 6.35. The molecule has 0 amide bonds. The zero-order chi connectivity index (χ0) is 13.7. The number of hydrogen-bond donors (Lipinski definition) is 0. The lowest BCUT2D eigenvalue weighted by Crippen LogP contribution is -2.25. The van der Waals surface area contributed by atoms with Crippen LogP contribution in [-0.4, -0.2) is 26.3 Å². The molecule has 0 saturated carbocycles. The van der Waals surface area contributed by atoms with Crippen LogP contribution in [0.1, 0.15) is 19.4 Å². The van der Waals surface area contributed by atoms with Crippen LogP contribution >= 0.6 is 11.6 Å². The van der Waals surface area contributed by atoms with Crippen LogP contribution in [0.25, 0.3) is 0 Å². The predicted octanol–water partition coefficient (Wildman–Crippen LogP) is 3.56. The highest BCUT2D eigenvalue weighted by Crippen LogP contribution is 2.24. The van der Waals surface area contributed by atoms with Gasteiger partial charge in [0.2, 0.25) is 0 Å². The summed E-state index contributed by atoms with van der Waals surface area (Å²) in [6.45, 7) is 4.67. The van der Waals surface area contributed by atoms with Crippen molar-refractivity contribution >= 4 is 17.3 Å². The maximum atomic E-state index is 13.8. The molecule has 5 heteroatoms. The maximum Gasteiger partial charge on any atom is 0.149 e. The van der Waals surface area contributed by atoms with E-state index in [4.69, 9.17) is 16.3 Å². The van der Waals surface area contributed by atoms with Crippen molar-refractivity contribution in [3.8, 4) is 0 Å². The Hall–Kier alpha value is -0.870. The molecule has 0 aromatic heterocycles. The van der Waals surface area contributed by atoms with E-state index in [9.17, 15) is 8.78 Å². The van der Waals surface area contributed by atoms with Crippen LogP contribution in [-0.2, 0) is 10.6 Å². The fourth-order valence-corrected chi connectivity index (χ4v) is 1.75. The molecule has 1 aromatic rings. The third-order valence-corrected chi connectivity index (χ3v) is 2.80. The van der Waals surface area contributed by atoms with Crippen LogP contribution in [0, 0.1) is 11.6 Å². The first-order chi connectivity index (χ1) is 8.45. The Kier molecular flexibility index (Phi) is 5.82. The molecule has 102 valence electrons. The van der Waals surface area contributed by atoms with Gasteiger partial charge in [0.1, 0.15) is 17.3 Å². The van der Waals surface area contributed by atoms with E-state index in [1.165, 1.54) is 17.0 Å². The minimum Gasteiger partial charge on any atom is -0.377 e. The number of ether oxygens (including phenoxy) is 1. The number of halogens is 3. The molecule has 18 heavy (non-hydrogen) atoms. The number of nitrogens with zero attached hydrogens (tertiary/aromatic N) is 1. The monoisotopic (exact) mass is 277 g/mol. The summed E-state index contributed by atoms with van der Waals surface area (Å²) in [6.07, 6.45) is 0.103. The molecule has 1 aromatic carbocycles. The molecule has 0 unspecified atom stereocenters. The van der Waals surface area contributed by atoms with Crippen LogP contribution in [0.3, 0.4) is 0 Å². The largest absolute Gasteiger partial charge is 0.377 e. The molecule has 0 heterocycles. The summed E-state index contributed by atoms with van der Waals surface area (Å²) in [4.78, 5) is 1.51. The number of likely N-dealkylation sites (N-methyl/N-ethyl adjacent to an activating group) is 1. The van der Waals surface area contributed by atoms with Crippen LogP contribution in [0.15, 0.2) is 12.1 Å². The van der Waals surface area contributed by atoms with Gasteiger partial charge in [0.05, 0.1) is 12.7 Å². The second-order valence-corrected chi connectivity index (χ2v) is 4.65. The van der Waals surface area contributed by atoms with Gasteiger partial charge in [0.15, 0.2) is 0 Å². The second kappa shape index (κ2) is 6.90. The third-order valence-electron chi connectivity index (χ3n) is 2.49. The van der Waals surface area contributed by atoms with Gasteiger partial charge in [-0.1, -0.05) is 0 Å². The first-order valence-electron chi connectivity index (χ1n) is 5.82. The zero-order valence-corrected chi connectivity index (χ0v) is 11.6. The fourth-order valence-electron chi connectivity index (χ4n) is 1.60. The van der Waals surface area contributed by atoms with E-state index in [1.807, 2.05) is 13.8 Å². The van der Waals surface area contributed by atoms with E-state index in [-0.39, 0.29) is 17.7 Å². The molecule has 0 fully saturated rings. The summed E-state index contributed by atoms with van der Waals surface area (Å²) >= 11 is 5.55. The standard InChI is InChI=1S/C13H18ClF2NO/c1-9(2)18-5-4-17(3)13-11(15)6-10(8-14)7-12(13)16/h6-7,9H,4-5,8H2,1-3H3. The maximum absolute atomic E-state index is 13.8. The molecular formula is C13H18ClF2NO. The van der Waals surface area contributed by atoms with Gasteiger partial charge < -0.3 is 9.64 Å². The molecule has 0 N–H and O–H groups in total. The van der Waals surface area contributed by atoms with Gasteiger partial charge in [-0.05, 0) is 31.5 Å². The van der Waals surface area contributed by atoms with Gasteiger partial charge in [0.25, 0.3) is 0 Å². The Labute approximate surface area is 111 Å². The molecule has 0 saturated heterocycles. The summed E-state index contributed by atoms with van der Waals surface area (Å²) in [5.41, 5.74) is 0.387. The van der Waals surface area contributed by atoms with Crippen LogP contribution in [0.5, 0.6) is 0 Å². The zero-order valence-electron chi connectivity index (χ0n) is 10.8. The molecule has 0 aliphatic rings. The average Bonchev–Trinajstić information content (AvgIpc) is 2.27. The van der Waals surface area contributed by atoms with Gasteiger partial charge in [0, 0.05) is 19.5 Å². The Morgan fingerprint density at radius 2 is 1.83 bits per heavy atom. The molecule has 0 bridgehead atoms. The predicted molar refractivity (Wildman–Crippen MR) is 70.3 cm³/mol. The number of anilines is 1. The minimum absolute atomic E-state index is 0.0452. The molecular weight excluding hydrogens is 260 g/mol. The van der Waals surface area contributed by atoms with Crippen molar-refractivity contribution in [2.45, 2.75) is 25.8 Å². The Bertz CT molecular complexity index is 376. The normalized spacial score (nSPS) is 11.1. The third kappa shape index (κ3) is 4.10. The van der Waals surface area contributed by atoms with Crippen LogP contribution < -0.4 is 4.90 Å². The topological polar surface area (TPSA) is 12.5 Å². The van der Waals surface area contributed by atoms with E-state index >= 15 is 0 Å². The van der Waals surface area contributed by atoms with Crippen molar-refractivity contribution in [1.29, 1.82) is 0 Å². The molecule has 2 nitrogen and oxygen atoms in total. The van der Waals surface area contributed by atoms with E-state index in [1.54, 1.807) is 7.05 Å². The van der Waals surface area contributed by atoms with Gasteiger partial charge in [-0.2, -0.15) is 0 Å². The first kappa shape index (κ1) is 15.2. The van der Waals surface area contributed by atoms with Crippen molar-refractivity contribution in [2.24, 2.45) is 0 Å². The summed E-state index contributed by atoms with van der Waals surface area (Å²) < 4.78 is 32.9. The van der Waals surface area contributed by atoms with Crippen LogP contribution in [0.4, 0.5) is 14.5 Å². The Morgan fingerprint density at radius 1 is 1.28 bits per heavy atom. The average molecular weight is 278 g/mol. The van der Waals surface area contributed by atoms with E-state index < -0.39 is 11.6 Å². The highest BCUT2D eigenvalue weighted by Gasteiger charge is 2.15. The lowest BCUT2D eigenvalue weighted by atomic mass is 10.2. The van der Waals surface area contributed by atoms with E-state index in [0.29, 0.717) is 18.7 Å². The number of benzene rings is 1. The minimum atomic E-state index is -0.599. The summed E-state index contributed by atoms with van der Waals surface area (Å²) in [5, 5.41) is 0. The van der Waals surface area contributed by atoms with Crippen molar-refractivity contribution < 1.29 is 13.5 Å². The summed E-state index contributed by atoms with van der Waals surface area (Å²) in [5.74, 6) is -1.11. The summed E-state index contributed by atoms with van der Waals surface area (Å²) in [7, 11) is 1.63. The van der Waals surface area contributed by atoms with Gasteiger partial charge in [-0.3, -0.25) is 0 Å². The fraction of sp³-hybridized carbons (Fsp3) is 0.538. The molecule has 0 aliphatic heterocycles. The van der Waals surface area contributed by atoms with Gasteiger partial charge >= 0.3 is 0 Å². The Morgan fingerprint density at radius 3 is 2.28 bits per heavy atom. The number of rotatable bonds is 6. The highest BCUT2D eigenvalue weighted by molar-refractivity contribution is 6.17. The van der Waals surface area contributed by atoms with E-state index in [2.05, 4.69) is 0 Å². The van der Waals surface area contributed by atoms with Gasteiger partial charge in [-0.25, -0.2) is 8.78 Å². The molecule has 0 aliphatic carbocycles. The molecule has 0 spiro atoms. The lowest BCUT2D eigenvalue weighted by molar-refractivity contribution is 0.0845. The number of alkyl halides is 1. The van der Waals surface area contributed by atoms with Crippen molar-refractivity contribution in [1.82, 2.24) is 0 Å². The van der Waals surface area contributed by atoms with Crippen LogP contribution in [0.2, 0.25) is 0 Å². The van der Waals surface area contributed by atoms with Gasteiger partial charge in [-0.15, -0.1) is 11.6 Å². The number of hydrogen-bond acceptors (Lipinski definition) is 2. The second-order valence-electron chi connectivity index (χ2n) is 4.38. The summed E-state index contributed by atoms with van der Waals surface area (Å²) in [6, 6.07) is 2.51. The smallest absolute Gasteiger partial charge is 0.149 e. The van der Waals surface area contributed by atoms with Crippen molar-refractivity contribution in [3.63, 3.8) is 0 Å². The van der Waals surface area contributed by atoms with Crippen molar-refractivity contribution in [3.05, 3.63) is 29.3 Å². The lowest BCUT2D eigenvalue weighted by Gasteiger charge is -2.21. The molecule has 0 radical (unpaired) electrons. The SMILES string of the molecule is CC(C)OCCN(C)c1c(F)cc(CCl)cc1F. The Balaban J connectivity index is 2.76. The van der Waals surface area contributed by atoms with E-state index in [0.717, 1.165) is 0 Å².